The van der Waals surface area contributed by atoms with E-state index >= 15 is 0 Å². The SMILES string of the molecule is CSc1ccc(CN(C)CC(=O)N(C)c2ccccc2C(=O)NCc2ccco2)cc1. The van der Waals surface area contributed by atoms with Crippen molar-refractivity contribution in [2.45, 2.75) is 18.0 Å². The monoisotopic (exact) mass is 437 g/mol. The first kappa shape index (κ1) is 22.7. The lowest BCUT2D eigenvalue weighted by Crippen LogP contribution is -2.37. The van der Waals surface area contributed by atoms with Crippen molar-refractivity contribution in [3.05, 3.63) is 83.8 Å². The van der Waals surface area contributed by atoms with E-state index in [1.165, 1.54) is 9.80 Å². The minimum absolute atomic E-state index is 0.0884. The summed E-state index contributed by atoms with van der Waals surface area (Å²) in [6.45, 7) is 1.19. The molecule has 31 heavy (non-hydrogen) atoms. The van der Waals surface area contributed by atoms with Crippen LogP contribution in [0.4, 0.5) is 5.69 Å². The molecule has 0 aliphatic heterocycles. The summed E-state index contributed by atoms with van der Waals surface area (Å²) in [7, 11) is 3.61. The van der Waals surface area contributed by atoms with Crippen molar-refractivity contribution in [1.82, 2.24) is 10.2 Å². The van der Waals surface area contributed by atoms with Gasteiger partial charge in [-0.2, -0.15) is 0 Å². The smallest absolute Gasteiger partial charge is 0.253 e. The molecule has 0 radical (unpaired) electrons. The van der Waals surface area contributed by atoms with E-state index in [0.717, 1.165) is 5.56 Å². The summed E-state index contributed by atoms with van der Waals surface area (Å²) >= 11 is 1.70. The van der Waals surface area contributed by atoms with Crippen molar-refractivity contribution in [2.24, 2.45) is 0 Å². The predicted octanol–water partition coefficient (Wildman–Crippen LogP) is 4.03. The zero-order valence-corrected chi connectivity index (χ0v) is 18.8. The number of amides is 2. The molecule has 0 spiro atoms. The van der Waals surface area contributed by atoms with E-state index in [9.17, 15) is 9.59 Å². The highest BCUT2D eigenvalue weighted by Crippen LogP contribution is 2.20. The van der Waals surface area contributed by atoms with Crippen LogP contribution in [-0.4, -0.2) is 43.6 Å². The van der Waals surface area contributed by atoms with E-state index in [-0.39, 0.29) is 24.9 Å². The number of hydrogen-bond acceptors (Lipinski definition) is 5. The summed E-state index contributed by atoms with van der Waals surface area (Å²) in [5.41, 5.74) is 2.16. The van der Waals surface area contributed by atoms with Crippen molar-refractivity contribution >= 4 is 29.3 Å². The van der Waals surface area contributed by atoms with Gasteiger partial charge in [-0.05, 0) is 55.3 Å². The zero-order valence-electron chi connectivity index (χ0n) is 18.0. The molecular weight excluding hydrogens is 410 g/mol. The number of likely N-dealkylation sites (N-methyl/N-ethyl adjacent to an activating group) is 2. The number of thioether (sulfide) groups is 1. The van der Waals surface area contributed by atoms with Crippen LogP contribution in [0.2, 0.25) is 0 Å². The van der Waals surface area contributed by atoms with Crippen LogP contribution in [0.3, 0.4) is 0 Å². The second-order valence-electron chi connectivity index (χ2n) is 7.25. The molecule has 1 heterocycles. The molecule has 2 amide bonds. The highest BCUT2D eigenvalue weighted by molar-refractivity contribution is 7.98. The summed E-state index contributed by atoms with van der Waals surface area (Å²) < 4.78 is 5.26. The van der Waals surface area contributed by atoms with E-state index in [1.807, 2.05) is 24.3 Å². The quantitative estimate of drug-likeness (QED) is 0.512. The fraction of sp³-hybridized carbons (Fsp3) is 0.250. The molecule has 0 atom stereocenters. The van der Waals surface area contributed by atoms with Crippen LogP contribution in [0.15, 0.2) is 76.2 Å². The highest BCUT2D eigenvalue weighted by Gasteiger charge is 2.19. The predicted molar refractivity (Wildman–Crippen MR) is 124 cm³/mol. The van der Waals surface area contributed by atoms with Crippen LogP contribution in [0.5, 0.6) is 0 Å². The third-order valence-corrected chi connectivity index (χ3v) is 5.65. The molecule has 1 N–H and O–H groups in total. The first-order chi connectivity index (χ1) is 15.0. The summed E-state index contributed by atoms with van der Waals surface area (Å²) in [6.07, 6.45) is 3.61. The Kier molecular flexibility index (Phi) is 7.92. The Morgan fingerprint density at radius 2 is 1.74 bits per heavy atom. The molecule has 0 aliphatic carbocycles. The number of nitrogens with one attached hydrogen (secondary N) is 1. The molecule has 0 saturated carbocycles. The Balaban J connectivity index is 1.62. The van der Waals surface area contributed by atoms with Crippen LogP contribution in [0.1, 0.15) is 21.7 Å². The van der Waals surface area contributed by atoms with Crippen molar-refractivity contribution < 1.29 is 14.0 Å². The third kappa shape index (κ3) is 6.23. The molecule has 0 unspecified atom stereocenters. The number of nitrogens with zero attached hydrogens (tertiary/aromatic N) is 2. The number of furan rings is 1. The third-order valence-electron chi connectivity index (χ3n) is 4.90. The Hall–Kier alpha value is -3.03. The van der Waals surface area contributed by atoms with Gasteiger partial charge in [0.1, 0.15) is 5.76 Å². The normalized spacial score (nSPS) is 10.8. The topological polar surface area (TPSA) is 65.8 Å². The Morgan fingerprint density at radius 1 is 1.00 bits per heavy atom. The molecule has 0 aliphatic rings. The molecule has 1 aromatic heterocycles. The van der Waals surface area contributed by atoms with Crippen LogP contribution in [0.25, 0.3) is 0 Å². The van der Waals surface area contributed by atoms with E-state index in [2.05, 4.69) is 29.6 Å². The molecule has 3 rings (SSSR count). The minimum atomic E-state index is -0.256. The minimum Gasteiger partial charge on any atom is -0.467 e. The van der Waals surface area contributed by atoms with Gasteiger partial charge in [0.2, 0.25) is 5.91 Å². The maximum atomic E-state index is 12.9. The molecule has 2 aromatic carbocycles. The molecule has 162 valence electrons. The summed E-state index contributed by atoms with van der Waals surface area (Å²) in [5, 5.41) is 2.84. The van der Waals surface area contributed by atoms with Gasteiger partial charge in [-0.1, -0.05) is 24.3 Å². The summed E-state index contributed by atoms with van der Waals surface area (Å²) in [6, 6.07) is 19.0. The van der Waals surface area contributed by atoms with Crippen LogP contribution in [0, 0.1) is 0 Å². The Labute approximate surface area is 187 Å². The lowest BCUT2D eigenvalue weighted by atomic mass is 10.1. The van der Waals surface area contributed by atoms with Gasteiger partial charge in [0.25, 0.3) is 5.91 Å². The standard InChI is InChI=1S/C24H27N3O3S/c1-26(16-18-10-12-20(31-3)13-11-18)17-23(28)27(2)22-9-5-4-8-21(22)24(29)25-15-19-7-6-14-30-19/h4-14H,15-17H2,1-3H3,(H,25,29). The molecule has 0 saturated heterocycles. The van der Waals surface area contributed by atoms with Gasteiger partial charge in [0.15, 0.2) is 0 Å². The second-order valence-corrected chi connectivity index (χ2v) is 8.13. The molecule has 3 aromatic rings. The van der Waals surface area contributed by atoms with Gasteiger partial charge in [-0.3, -0.25) is 14.5 Å². The molecule has 0 fully saturated rings. The number of carbonyl (C=O) groups is 2. The average molecular weight is 438 g/mol. The number of benzene rings is 2. The fourth-order valence-corrected chi connectivity index (χ4v) is 3.61. The van der Waals surface area contributed by atoms with Gasteiger partial charge >= 0.3 is 0 Å². The van der Waals surface area contributed by atoms with E-state index in [0.29, 0.717) is 23.6 Å². The van der Waals surface area contributed by atoms with Gasteiger partial charge < -0.3 is 14.6 Å². The largest absolute Gasteiger partial charge is 0.467 e. The number of hydrogen-bond donors (Lipinski definition) is 1. The Bertz CT molecular complexity index is 1000. The van der Waals surface area contributed by atoms with Crippen molar-refractivity contribution in [1.29, 1.82) is 0 Å². The molecular formula is C24H27N3O3S. The van der Waals surface area contributed by atoms with Gasteiger partial charge in [-0.15, -0.1) is 11.8 Å². The maximum Gasteiger partial charge on any atom is 0.253 e. The van der Waals surface area contributed by atoms with Crippen molar-refractivity contribution in [2.75, 3.05) is 31.8 Å². The van der Waals surface area contributed by atoms with E-state index in [4.69, 9.17) is 4.42 Å². The van der Waals surface area contributed by atoms with Gasteiger partial charge in [0.05, 0.1) is 30.6 Å². The maximum absolute atomic E-state index is 12.9. The average Bonchev–Trinajstić information content (AvgIpc) is 3.31. The lowest BCUT2D eigenvalue weighted by Gasteiger charge is -2.24. The highest BCUT2D eigenvalue weighted by atomic mass is 32.2. The number of anilines is 1. The first-order valence-corrected chi connectivity index (χ1v) is 11.2. The summed E-state index contributed by atoms with van der Waals surface area (Å²) in [4.78, 5) is 30.3. The van der Waals surface area contributed by atoms with E-state index in [1.54, 1.807) is 55.4 Å². The number of carbonyl (C=O) groups excluding carboxylic acids is 2. The van der Waals surface area contributed by atoms with Crippen molar-refractivity contribution in [3.8, 4) is 0 Å². The fourth-order valence-electron chi connectivity index (χ4n) is 3.20. The van der Waals surface area contributed by atoms with Crippen LogP contribution >= 0.6 is 11.8 Å². The molecule has 7 heteroatoms. The van der Waals surface area contributed by atoms with Gasteiger partial charge in [-0.25, -0.2) is 0 Å². The second kappa shape index (κ2) is 10.8. The van der Waals surface area contributed by atoms with Gasteiger partial charge in [0, 0.05) is 18.5 Å². The first-order valence-electron chi connectivity index (χ1n) is 9.95. The van der Waals surface area contributed by atoms with Crippen LogP contribution in [-0.2, 0) is 17.9 Å². The number of rotatable bonds is 9. The lowest BCUT2D eigenvalue weighted by molar-refractivity contribution is -0.119. The Morgan fingerprint density at radius 3 is 2.42 bits per heavy atom. The molecule has 6 nitrogen and oxygen atoms in total. The van der Waals surface area contributed by atoms with Crippen LogP contribution < -0.4 is 10.2 Å². The van der Waals surface area contributed by atoms with E-state index < -0.39 is 0 Å². The molecule has 0 bridgehead atoms. The summed E-state index contributed by atoms with van der Waals surface area (Å²) in [5.74, 6) is 0.325. The van der Waals surface area contributed by atoms with Crippen molar-refractivity contribution in [3.63, 3.8) is 0 Å². The zero-order chi connectivity index (χ0) is 22.2. The number of para-hydroxylation sites is 1.